The first-order valence-corrected chi connectivity index (χ1v) is 9.04. The first-order chi connectivity index (χ1) is 11.0. The molecule has 3 nitrogen and oxygen atoms in total. The summed E-state index contributed by atoms with van der Waals surface area (Å²) in [5, 5.41) is 3.44. The first kappa shape index (κ1) is 20.0. The Bertz CT molecular complexity index is 401. The van der Waals surface area contributed by atoms with E-state index in [1.54, 1.807) is 0 Å². The average Bonchev–Trinajstić information content (AvgIpc) is 2.51. The van der Waals surface area contributed by atoms with E-state index in [2.05, 4.69) is 64.2 Å². The number of nitrogens with one attached hydrogen (secondary N) is 1. The van der Waals surface area contributed by atoms with Crippen LogP contribution in [0.1, 0.15) is 53.0 Å². The summed E-state index contributed by atoms with van der Waals surface area (Å²) in [6.45, 7) is 13.3. The second kappa shape index (κ2) is 11.5. The SMILES string of the molecule is CC(CNC(C)C)COc1ccc(CCCCOC(C)C)cc1. The van der Waals surface area contributed by atoms with Gasteiger partial charge in [0.05, 0.1) is 12.7 Å². The Labute approximate surface area is 142 Å². The van der Waals surface area contributed by atoms with Gasteiger partial charge in [-0.2, -0.15) is 0 Å². The molecule has 132 valence electrons. The average molecular weight is 322 g/mol. The fourth-order valence-corrected chi connectivity index (χ4v) is 2.24. The van der Waals surface area contributed by atoms with Gasteiger partial charge in [-0.25, -0.2) is 0 Å². The zero-order valence-electron chi connectivity index (χ0n) is 15.6. The molecule has 1 rings (SSSR count). The maximum absolute atomic E-state index is 5.86. The molecule has 0 fully saturated rings. The van der Waals surface area contributed by atoms with Crippen molar-refractivity contribution in [1.82, 2.24) is 5.32 Å². The van der Waals surface area contributed by atoms with E-state index in [9.17, 15) is 0 Å². The van der Waals surface area contributed by atoms with Crippen LogP contribution in [0, 0.1) is 5.92 Å². The van der Waals surface area contributed by atoms with Crippen LogP contribution in [0.15, 0.2) is 24.3 Å². The summed E-state index contributed by atoms with van der Waals surface area (Å²) in [5.74, 6) is 1.48. The van der Waals surface area contributed by atoms with Crippen LogP contribution in [0.5, 0.6) is 5.75 Å². The van der Waals surface area contributed by atoms with Gasteiger partial charge in [0, 0.05) is 25.1 Å². The lowest BCUT2D eigenvalue weighted by Crippen LogP contribution is -2.30. The molecule has 1 aromatic rings. The number of unbranched alkanes of at least 4 members (excludes halogenated alkanes) is 1. The molecule has 0 heterocycles. The van der Waals surface area contributed by atoms with E-state index >= 15 is 0 Å². The van der Waals surface area contributed by atoms with Crippen molar-refractivity contribution in [2.75, 3.05) is 19.8 Å². The number of hydrogen-bond donors (Lipinski definition) is 1. The summed E-state index contributed by atoms with van der Waals surface area (Å²) in [4.78, 5) is 0. The third kappa shape index (κ3) is 10.4. The normalized spacial score (nSPS) is 12.8. The fraction of sp³-hybridized carbons (Fsp3) is 0.700. The molecule has 0 spiro atoms. The largest absolute Gasteiger partial charge is 0.493 e. The van der Waals surface area contributed by atoms with Gasteiger partial charge >= 0.3 is 0 Å². The van der Waals surface area contributed by atoms with Crippen molar-refractivity contribution in [2.24, 2.45) is 5.92 Å². The van der Waals surface area contributed by atoms with E-state index in [1.165, 1.54) is 12.0 Å². The Kier molecular flexibility index (Phi) is 9.97. The first-order valence-electron chi connectivity index (χ1n) is 9.04. The lowest BCUT2D eigenvalue weighted by atomic mass is 10.1. The van der Waals surface area contributed by atoms with Gasteiger partial charge in [0.25, 0.3) is 0 Å². The summed E-state index contributed by atoms with van der Waals surface area (Å²) >= 11 is 0. The Morgan fingerprint density at radius 1 is 0.957 bits per heavy atom. The highest BCUT2D eigenvalue weighted by atomic mass is 16.5. The van der Waals surface area contributed by atoms with Crippen LogP contribution in [0.25, 0.3) is 0 Å². The third-order valence-corrected chi connectivity index (χ3v) is 3.64. The molecule has 0 radical (unpaired) electrons. The number of ether oxygens (including phenoxy) is 2. The summed E-state index contributed by atoms with van der Waals surface area (Å²) in [6, 6.07) is 9.05. The molecule has 1 N–H and O–H groups in total. The van der Waals surface area contributed by atoms with E-state index in [0.29, 0.717) is 18.1 Å². The predicted octanol–water partition coefficient (Wildman–Crippen LogP) is 4.45. The third-order valence-electron chi connectivity index (χ3n) is 3.64. The van der Waals surface area contributed by atoms with Crippen molar-refractivity contribution in [2.45, 2.75) is 66.0 Å². The van der Waals surface area contributed by atoms with Crippen LogP contribution < -0.4 is 10.1 Å². The van der Waals surface area contributed by atoms with Crippen molar-refractivity contribution >= 4 is 0 Å². The lowest BCUT2D eigenvalue weighted by molar-refractivity contribution is 0.0761. The summed E-state index contributed by atoms with van der Waals surface area (Å²) in [7, 11) is 0. The summed E-state index contributed by atoms with van der Waals surface area (Å²) in [6.07, 6.45) is 3.74. The van der Waals surface area contributed by atoms with Gasteiger partial charge in [-0.1, -0.05) is 32.9 Å². The smallest absolute Gasteiger partial charge is 0.119 e. The fourth-order valence-electron chi connectivity index (χ4n) is 2.24. The van der Waals surface area contributed by atoms with Crippen molar-refractivity contribution in [3.63, 3.8) is 0 Å². The van der Waals surface area contributed by atoms with Crippen molar-refractivity contribution in [3.05, 3.63) is 29.8 Å². The minimum atomic E-state index is 0.338. The van der Waals surface area contributed by atoms with Crippen LogP contribution in [0.4, 0.5) is 0 Å². The zero-order chi connectivity index (χ0) is 17.1. The van der Waals surface area contributed by atoms with Crippen molar-refractivity contribution in [1.29, 1.82) is 0 Å². The molecular weight excluding hydrogens is 286 g/mol. The molecule has 0 aliphatic rings. The van der Waals surface area contributed by atoms with E-state index in [1.807, 2.05) is 0 Å². The van der Waals surface area contributed by atoms with E-state index in [-0.39, 0.29) is 0 Å². The Hall–Kier alpha value is -1.06. The molecule has 0 aliphatic heterocycles. The predicted molar refractivity (Wildman–Crippen MR) is 98.3 cm³/mol. The Balaban J connectivity index is 2.20. The van der Waals surface area contributed by atoms with Gasteiger partial charge in [0.15, 0.2) is 0 Å². The van der Waals surface area contributed by atoms with Gasteiger partial charge < -0.3 is 14.8 Å². The molecule has 1 unspecified atom stereocenters. The van der Waals surface area contributed by atoms with Gasteiger partial charge in [-0.3, -0.25) is 0 Å². The highest BCUT2D eigenvalue weighted by Crippen LogP contribution is 2.15. The number of rotatable bonds is 12. The molecule has 23 heavy (non-hydrogen) atoms. The minimum absolute atomic E-state index is 0.338. The monoisotopic (exact) mass is 321 g/mol. The Morgan fingerprint density at radius 2 is 1.65 bits per heavy atom. The summed E-state index contributed by atoms with van der Waals surface area (Å²) in [5.41, 5.74) is 1.37. The molecule has 1 atom stereocenters. The standard InChI is InChI=1S/C20H35NO2/c1-16(2)21-14-18(5)15-23-20-11-9-19(10-12-20)8-6-7-13-22-17(3)4/h9-12,16-18,21H,6-8,13-15H2,1-5H3. The second-order valence-electron chi connectivity index (χ2n) is 7.00. The van der Waals surface area contributed by atoms with Gasteiger partial charge in [-0.15, -0.1) is 0 Å². The van der Waals surface area contributed by atoms with E-state index < -0.39 is 0 Å². The molecule has 1 aromatic carbocycles. The summed E-state index contributed by atoms with van der Waals surface area (Å²) < 4.78 is 11.4. The van der Waals surface area contributed by atoms with Gasteiger partial charge in [0.1, 0.15) is 5.75 Å². The molecule has 0 aromatic heterocycles. The van der Waals surface area contributed by atoms with Crippen LogP contribution in [-0.4, -0.2) is 31.9 Å². The van der Waals surface area contributed by atoms with Crippen LogP contribution in [-0.2, 0) is 11.2 Å². The second-order valence-corrected chi connectivity index (χ2v) is 7.00. The van der Waals surface area contributed by atoms with Crippen LogP contribution in [0.3, 0.4) is 0 Å². The van der Waals surface area contributed by atoms with Gasteiger partial charge in [-0.05, 0) is 50.8 Å². The number of hydrogen-bond acceptors (Lipinski definition) is 3. The molecule has 0 amide bonds. The maximum atomic E-state index is 5.86. The molecule has 3 heteroatoms. The van der Waals surface area contributed by atoms with Gasteiger partial charge in [0.2, 0.25) is 0 Å². The maximum Gasteiger partial charge on any atom is 0.119 e. The van der Waals surface area contributed by atoms with Crippen LogP contribution in [0.2, 0.25) is 0 Å². The van der Waals surface area contributed by atoms with E-state index in [4.69, 9.17) is 9.47 Å². The van der Waals surface area contributed by atoms with Crippen LogP contribution >= 0.6 is 0 Å². The minimum Gasteiger partial charge on any atom is -0.493 e. The highest BCUT2D eigenvalue weighted by Gasteiger charge is 2.04. The van der Waals surface area contributed by atoms with Crippen molar-refractivity contribution < 1.29 is 9.47 Å². The zero-order valence-corrected chi connectivity index (χ0v) is 15.6. The Morgan fingerprint density at radius 3 is 2.26 bits per heavy atom. The molecule has 0 bridgehead atoms. The topological polar surface area (TPSA) is 30.5 Å². The molecule has 0 aliphatic carbocycles. The number of aryl methyl sites for hydroxylation is 1. The quantitative estimate of drug-likeness (QED) is 0.577. The molecule has 0 saturated heterocycles. The highest BCUT2D eigenvalue weighted by molar-refractivity contribution is 5.27. The number of benzene rings is 1. The molecular formula is C20H35NO2. The lowest BCUT2D eigenvalue weighted by Gasteiger charge is -2.16. The van der Waals surface area contributed by atoms with E-state index in [0.717, 1.165) is 38.3 Å². The molecule has 0 saturated carbocycles. The van der Waals surface area contributed by atoms with Crippen molar-refractivity contribution in [3.8, 4) is 5.75 Å².